The van der Waals surface area contributed by atoms with Crippen LogP contribution in [0.2, 0.25) is 0 Å². The van der Waals surface area contributed by atoms with Crippen molar-refractivity contribution in [3.8, 4) is 0 Å². The number of aliphatic carboxylic acids is 2. The summed E-state index contributed by atoms with van der Waals surface area (Å²) in [5, 5.41) is 17.4. The van der Waals surface area contributed by atoms with Crippen molar-refractivity contribution < 1.29 is 54.6 Å². The Balaban J connectivity index is -0.000000214. The maximum absolute atomic E-state index is 11.6. The van der Waals surface area contributed by atoms with Crippen molar-refractivity contribution >= 4 is 35.8 Å². The molecule has 52 heavy (non-hydrogen) atoms. The van der Waals surface area contributed by atoms with Crippen molar-refractivity contribution in [1.82, 2.24) is 0 Å². The third-order valence-electron chi connectivity index (χ3n) is 8.29. The smallest absolute Gasteiger partial charge is 0.338 e. The van der Waals surface area contributed by atoms with E-state index in [1.807, 2.05) is 6.08 Å². The third kappa shape index (κ3) is 39.3. The van der Waals surface area contributed by atoms with E-state index in [1.165, 1.54) is 117 Å². The van der Waals surface area contributed by atoms with Crippen LogP contribution in [0.15, 0.2) is 24.8 Å². The predicted molar refractivity (Wildman–Crippen MR) is 209 cm³/mol. The van der Waals surface area contributed by atoms with Crippen molar-refractivity contribution in [3.63, 3.8) is 0 Å². The van der Waals surface area contributed by atoms with Gasteiger partial charge < -0.3 is 24.4 Å². The van der Waals surface area contributed by atoms with Crippen LogP contribution in [-0.4, -0.2) is 60.2 Å². The summed E-state index contributed by atoms with van der Waals surface area (Å²) in [7, 11) is 2.53. The molecule has 0 aromatic heterocycles. The maximum Gasteiger partial charge on any atom is 0.338 e. The zero-order valence-electron chi connectivity index (χ0n) is 32.6. The fourth-order valence-corrected chi connectivity index (χ4v) is 5.08. The van der Waals surface area contributed by atoms with Crippen LogP contribution in [0, 0.1) is 17.8 Å². The number of hydrogen-bond acceptors (Lipinski definition) is 9. The van der Waals surface area contributed by atoms with Gasteiger partial charge in [0.05, 0.1) is 38.9 Å². The van der Waals surface area contributed by atoms with Crippen molar-refractivity contribution in [2.24, 2.45) is 17.8 Å². The largest absolute Gasteiger partial charge is 0.481 e. The van der Waals surface area contributed by atoms with E-state index in [1.54, 1.807) is 6.92 Å². The molecule has 0 aromatic rings. The number of unbranched alkanes of at least 4 members (excludes halogenated alkanes) is 15. The Morgan fingerprint density at radius 3 is 1.54 bits per heavy atom. The van der Waals surface area contributed by atoms with Crippen molar-refractivity contribution in [3.05, 3.63) is 24.8 Å². The van der Waals surface area contributed by atoms with Crippen LogP contribution < -0.4 is 0 Å². The van der Waals surface area contributed by atoms with Gasteiger partial charge in [-0.25, -0.2) is 9.59 Å². The fraction of sp³-hybridized carbons (Fsp3) is 0.756. The van der Waals surface area contributed by atoms with Gasteiger partial charge in [-0.2, -0.15) is 0 Å². The number of allylic oxidation sites excluding steroid dienone is 1. The lowest BCUT2D eigenvalue weighted by atomic mass is 9.84. The van der Waals surface area contributed by atoms with Crippen molar-refractivity contribution in [2.45, 2.75) is 170 Å². The molecule has 0 bridgehead atoms. The molecular formula is C41H76O11. The number of hydrogen-bond donors (Lipinski definition) is 2. The van der Waals surface area contributed by atoms with Gasteiger partial charge in [0.25, 0.3) is 0 Å². The average Bonchev–Trinajstić information content (AvgIpc) is 3.50. The summed E-state index contributed by atoms with van der Waals surface area (Å²) in [6.07, 6.45) is 28.3. The quantitative estimate of drug-likeness (QED) is 0.0284. The van der Waals surface area contributed by atoms with Gasteiger partial charge in [0.2, 0.25) is 0 Å². The van der Waals surface area contributed by atoms with Gasteiger partial charge in [-0.15, -0.1) is 6.58 Å². The second kappa shape index (κ2) is 40.3. The molecule has 0 fully saturated rings. The molecule has 11 heteroatoms. The van der Waals surface area contributed by atoms with Gasteiger partial charge in [0.1, 0.15) is 0 Å². The highest BCUT2D eigenvalue weighted by Crippen LogP contribution is 2.25. The molecule has 0 radical (unpaired) electrons. The third-order valence-corrected chi connectivity index (χ3v) is 8.29. The summed E-state index contributed by atoms with van der Waals surface area (Å²) in [5.41, 5.74) is 0. The van der Waals surface area contributed by atoms with Crippen LogP contribution in [0.4, 0.5) is 0 Å². The maximum atomic E-state index is 11.6. The van der Waals surface area contributed by atoms with E-state index >= 15 is 0 Å². The number of carbonyl (C=O) groups excluding carboxylic acids is 4. The van der Waals surface area contributed by atoms with E-state index in [-0.39, 0.29) is 21.7 Å². The van der Waals surface area contributed by atoms with Crippen LogP contribution in [-0.2, 0) is 43.0 Å². The molecule has 0 aliphatic carbocycles. The van der Waals surface area contributed by atoms with E-state index in [0.717, 1.165) is 25.0 Å². The molecule has 0 spiro atoms. The van der Waals surface area contributed by atoms with Crippen molar-refractivity contribution in [1.29, 1.82) is 0 Å². The lowest BCUT2D eigenvalue weighted by Crippen LogP contribution is -2.30. The monoisotopic (exact) mass is 746 g/mol. The molecular weight excluding hydrogens is 668 g/mol. The second-order valence-electron chi connectivity index (χ2n) is 13.0. The van der Waals surface area contributed by atoms with Gasteiger partial charge in [-0.1, -0.05) is 144 Å². The highest BCUT2D eigenvalue weighted by atomic mass is 16.6. The molecule has 306 valence electrons. The van der Waals surface area contributed by atoms with Crippen LogP contribution in [0.25, 0.3) is 0 Å². The number of methoxy groups -OCH3 is 2. The zero-order chi connectivity index (χ0) is 39.3. The minimum Gasteiger partial charge on any atom is -0.481 e. The van der Waals surface area contributed by atoms with E-state index < -0.39 is 47.7 Å². The fourth-order valence-electron chi connectivity index (χ4n) is 5.08. The van der Waals surface area contributed by atoms with Gasteiger partial charge in [-0.3, -0.25) is 19.2 Å². The molecule has 1 aliphatic heterocycles. The first-order valence-electron chi connectivity index (χ1n) is 18.9. The molecule has 1 heterocycles. The van der Waals surface area contributed by atoms with E-state index in [9.17, 15) is 33.9 Å². The molecule has 1 rings (SSSR count). The Morgan fingerprint density at radius 1 is 0.750 bits per heavy atom. The lowest BCUT2D eigenvalue weighted by molar-refractivity contribution is -0.155. The van der Waals surface area contributed by atoms with Crippen LogP contribution in [0.5, 0.6) is 0 Å². The molecule has 3 atom stereocenters. The Hall–Kier alpha value is -3.50. The van der Waals surface area contributed by atoms with E-state index in [2.05, 4.69) is 41.6 Å². The molecule has 1 aliphatic rings. The number of cyclic esters (lactones) is 2. The summed E-state index contributed by atoms with van der Waals surface area (Å²) < 4.78 is 12.8. The molecule has 2 N–H and O–H groups in total. The highest BCUT2D eigenvalue weighted by molar-refractivity contribution is 6.04. The average molecular weight is 746 g/mol. The number of esters is 4. The topological polar surface area (TPSA) is 171 Å². The Bertz CT molecular complexity index is 965. The van der Waals surface area contributed by atoms with Crippen LogP contribution in [0.3, 0.4) is 0 Å². The molecule has 3 unspecified atom stereocenters. The van der Waals surface area contributed by atoms with Gasteiger partial charge in [-0.05, 0) is 25.2 Å². The van der Waals surface area contributed by atoms with Gasteiger partial charge >= 0.3 is 35.8 Å². The van der Waals surface area contributed by atoms with Crippen LogP contribution in [0.1, 0.15) is 171 Å². The molecule has 11 nitrogen and oxygen atoms in total. The lowest BCUT2D eigenvalue weighted by Gasteiger charge is -2.21. The molecule has 0 saturated heterocycles. The van der Waals surface area contributed by atoms with Gasteiger partial charge in [0, 0.05) is 13.6 Å². The minimum atomic E-state index is -0.986. The van der Waals surface area contributed by atoms with Crippen LogP contribution >= 0.6 is 0 Å². The Morgan fingerprint density at radius 2 is 1.19 bits per heavy atom. The molecule has 0 aromatic carbocycles. The van der Waals surface area contributed by atoms with E-state index in [0.29, 0.717) is 12.3 Å². The summed E-state index contributed by atoms with van der Waals surface area (Å²) in [6, 6.07) is 0. The molecule has 0 saturated carbocycles. The first-order chi connectivity index (χ1) is 24.3. The molecule has 0 amide bonds. The number of rotatable bonds is 26. The summed E-state index contributed by atoms with van der Waals surface area (Å²) >= 11 is 0. The normalized spacial score (nSPS) is 12.8. The van der Waals surface area contributed by atoms with Gasteiger partial charge in [0.15, 0.2) is 0 Å². The standard InChI is InChI=1S/C19H36O4.C12H24.C5H8O4.C4H2O3.CH4.H2/c1-5-6-7-8-9-10-11-12-13-15(2)14-17(18(20)21)16(3)19(22)23-4;1-3-5-7-9-11-12-10-8-6-4-2;1-9-5(8)3-2-4(6)7;5-3-1-2-4(6)7-3;;/h15-17H,5-14H2,1-4H3,(H,20,21);3H,1,4-12H2,2H3;2-3H2,1H3,(H,6,7);1-2H;1H4;1H/i;;;;;1+1. The highest BCUT2D eigenvalue weighted by Gasteiger charge is 2.31. The number of carbonyl (C=O) groups is 6. The summed E-state index contributed by atoms with van der Waals surface area (Å²) in [5.74, 6) is -4.87. The number of ether oxygens (including phenoxy) is 3. The number of carboxylic acids is 2. The predicted octanol–water partition coefficient (Wildman–Crippen LogP) is 10.3. The SMILES string of the molecule is C.C=CCCCCCCCCCC.CCCCCCCCCCC(C)CC(C(=O)O)C(C)C(=O)OC.COC(=O)CCC(=O)O.O=C1C=CC(=O)O1.[2HH]. The first-order valence-corrected chi connectivity index (χ1v) is 18.9. The Labute approximate surface area is 316 Å². The zero-order valence-corrected chi connectivity index (χ0v) is 32.6. The minimum absolute atomic E-state index is 0. The van der Waals surface area contributed by atoms with E-state index in [4.69, 9.17) is 5.11 Å². The Kier molecular flexibility index (Phi) is 42.8. The number of carboxylic acid groups (broad SMARTS) is 2. The summed E-state index contributed by atoms with van der Waals surface area (Å²) in [6.45, 7) is 11.9. The first kappa shape index (κ1) is 55.3. The second-order valence-corrected chi connectivity index (χ2v) is 13.0. The summed E-state index contributed by atoms with van der Waals surface area (Å²) in [4.78, 5) is 62.8. The van der Waals surface area contributed by atoms with Crippen molar-refractivity contribution in [2.75, 3.05) is 14.2 Å².